The van der Waals surface area contributed by atoms with Gasteiger partial charge in [-0.25, -0.2) is 0 Å². The molecule has 0 amide bonds. The standard InChI is InChI=1S/C13H9.C12H10Si.C4H10N.2ClH.Zr/c1-3-7-12-10(5-1)9-11-6-2-4-8-13(11)12;1-3-7-11(8-4-1)13-12-9-5-2-6-10-12;1-3-4(2)5;;;/h1-9H;1-10H;4-5H,3H2,1-2H3;2*1H;/q-1;;-1;;;+4/p-2. The zero-order chi connectivity index (χ0) is 21.9. The molecular weight excluding hydrogens is 553 g/mol. The van der Waals surface area contributed by atoms with Gasteiger partial charge in [0.15, 0.2) is 0 Å². The third-order valence-electron chi connectivity index (χ3n) is 4.97. The quantitative estimate of drug-likeness (QED) is 0.224. The molecule has 5 rings (SSSR count). The molecule has 1 unspecified atom stereocenters. The minimum atomic E-state index is 0. The number of rotatable bonds is 3. The molecule has 34 heavy (non-hydrogen) atoms. The Morgan fingerprint density at radius 2 is 0.971 bits per heavy atom. The van der Waals surface area contributed by atoms with Crippen molar-refractivity contribution in [1.82, 2.24) is 0 Å². The van der Waals surface area contributed by atoms with E-state index in [1.165, 1.54) is 31.9 Å². The van der Waals surface area contributed by atoms with Gasteiger partial charge in [-0.05, 0) is 0 Å². The van der Waals surface area contributed by atoms with Crippen LogP contribution in [0.5, 0.6) is 0 Å². The van der Waals surface area contributed by atoms with Crippen LogP contribution in [0.15, 0.2) is 115 Å². The van der Waals surface area contributed by atoms with Crippen LogP contribution in [-0.2, 0) is 26.2 Å². The topological polar surface area (TPSA) is 23.8 Å². The second-order valence-electron chi connectivity index (χ2n) is 7.49. The van der Waals surface area contributed by atoms with E-state index >= 15 is 0 Å². The Kier molecular flexibility index (Phi) is 16.9. The first-order chi connectivity index (χ1) is 15.2. The molecule has 2 radical (unpaired) electrons. The van der Waals surface area contributed by atoms with Crippen molar-refractivity contribution in [2.45, 2.75) is 26.3 Å². The number of nitrogens with one attached hydrogen (secondary N) is 1. The van der Waals surface area contributed by atoms with Gasteiger partial charge in [-0.3, -0.25) is 0 Å². The molecule has 5 heteroatoms. The number of benzene rings is 4. The van der Waals surface area contributed by atoms with Crippen LogP contribution in [-0.4, -0.2) is 15.6 Å². The van der Waals surface area contributed by atoms with Crippen molar-refractivity contribution in [3.8, 4) is 0 Å². The van der Waals surface area contributed by atoms with Crippen LogP contribution in [0, 0.1) is 0 Å². The average molecular weight is 582 g/mol. The van der Waals surface area contributed by atoms with Gasteiger partial charge in [0, 0.05) is 0 Å². The Morgan fingerprint density at radius 3 is 1.32 bits per heavy atom. The van der Waals surface area contributed by atoms with E-state index in [1.54, 1.807) is 0 Å². The van der Waals surface area contributed by atoms with E-state index in [9.17, 15) is 0 Å². The predicted molar refractivity (Wildman–Crippen MR) is 139 cm³/mol. The minimum absolute atomic E-state index is 0. The normalized spacial score (nSPS) is 10.2. The third-order valence-corrected chi connectivity index (χ3v) is 6.22. The molecule has 0 aliphatic heterocycles. The second kappa shape index (κ2) is 17.8. The average Bonchev–Trinajstić information content (AvgIpc) is 3.20. The molecule has 0 bridgehead atoms. The van der Waals surface area contributed by atoms with Crippen molar-refractivity contribution in [3.05, 3.63) is 121 Å². The molecule has 1 N–H and O–H groups in total. The van der Waals surface area contributed by atoms with E-state index in [1.807, 2.05) is 13.8 Å². The van der Waals surface area contributed by atoms with E-state index in [-0.39, 0.29) is 57.1 Å². The van der Waals surface area contributed by atoms with Crippen LogP contribution in [0.25, 0.3) is 27.3 Å². The van der Waals surface area contributed by atoms with E-state index in [0.29, 0.717) is 0 Å². The van der Waals surface area contributed by atoms with Crippen LogP contribution >= 0.6 is 0 Å². The number of halogens is 2. The molecule has 0 heterocycles. The van der Waals surface area contributed by atoms with Crippen molar-refractivity contribution >= 4 is 41.4 Å². The molecular formula is C29H29Cl2NSiZr. The fourth-order valence-corrected chi connectivity index (χ4v) is 4.17. The molecule has 0 spiro atoms. The Bertz CT molecular complexity index is 1090. The SMILES string of the molecule is CCC(C)[NH-].[Cl-].[Cl-].[Zr+4].c1ccc([Si]c2ccccc2)cc1.c1ccc2c(c1)[cH-]c1ccccc12. The molecule has 172 valence electrons. The molecule has 1 nitrogen and oxygen atoms in total. The van der Waals surface area contributed by atoms with E-state index in [0.717, 1.165) is 15.9 Å². The molecule has 0 aliphatic carbocycles. The van der Waals surface area contributed by atoms with Crippen LogP contribution in [0.1, 0.15) is 20.3 Å². The van der Waals surface area contributed by atoms with Gasteiger partial charge in [-0.15, -0.1) is 45.8 Å². The molecule has 5 aromatic rings. The monoisotopic (exact) mass is 579 g/mol. The second-order valence-corrected chi connectivity index (χ2v) is 8.89. The predicted octanol–water partition coefficient (Wildman–Crippen LogP) is 0.896. The Balaban J connectivity index is 0.000000501. The van der Waals surface area contributed by atoms with Gasteiger partial charge >= 0.3 is 26.2 Å². The fraction of sp³-hybridized carbons (Fsp3) is 0.138. The van der Waals surface area contributed by atoms with Crippen LogP contribution in [0.4, 0.5) is 0 Å². The summed E-state index contributed by atoms with van der Waals surface area (Å²) < 4.78 is 0. The summed E-state index contributed by atoms with van der Waals surface area (Å²) in [6.45, 7) is 3.90. The largest absolute Gasteiger partial charge is 4.00 e. The molecule has 0 aliphatic rings. The molecule has 0 aromatic heterocycles. The van der Waals surface area contributed by atoms with E-state index in [4.69, 9.17) is 5.73 Å². The van der Waals surface area contributed by atoms with Crippen molar-refractivity contribution in [2.24, 2.45) is 0 Å². The number of hydrogen-bond acceptors (Lipinski definition) is 0. The Hall–Kier alpha value is -1.61. The molecule has 1 atom stereocenters. The Labute approximate surface area is 238 Å². The van der Waals surface area contributed by atoms with Crippen molar-refractivity contribution < 1.29 is 51.0 Å². The van der Waals surface area contributed by atoms with E-state index < -0.39 is 0 Å². The molecule has 5 aromatic carbocycles. The number of fused-ring (bicyclic) bond motifs is 3. The first-order valence-electron chi connectivity index (χ1n) is 10.8. The van der Waals surface area contributed by atoms with Crippen LogP contribution < -0.4 is 35.2 Å². The summed E-state index contributed by atoms with van der Waals surface area (Å²) in [6.07, 6.45) is 0.972. The van der Waals surface area contributed by atoms with Gasteiger partial charge in [0.2, 0.25) is 0 Å². The maximum absolute atomic E-state index is 6.83. The third kappa shape index (κ3) is 10.3. The summed E-state index contributed by atoms with van der Waals surface area (Å²) in [5, 5.41) is 8.19. The zero-order valence-electron chi connectivity index (χ0n) is 19.5. The van der Waals surface area contributed by atoms with Crippen molar-refractivity contribution in [2.75, 3.05) is 0 Å². The van der Waals surface area contributed by atoms with Crippen molar-refractivity contribution in [1.29, 1.82) is 0 Å². The van der Waals surface area contributed by atoms with E-state index in [2.05, 4.69) is 115 Å². The molecule has 0 saturated heterocycles. The summed E-state index contributed by atoms with van der Waals surface area (Å²) in [6, 6.07) is 40.6. The smallest absolute Gasteiger partial charge is 1.00 e. The first kappa shape index (κ1) is 32.4. The summed E-state index contributed by atoms with van der Waals surface area (Å²) in [7, 11) is 0.777. The summed E-state index contributed by atoms with van der Waals surface area (Å²) in [4.78, 5) is 0. The first-order valence-corrected chi connectivity index (χ1v) is 11.8. The summed E-state index contributed by atoms with van der Waals surface area (Å²) >= 11 is 0. The fourth-order valence-electron chi connectivity index (χ4n) is 3.11. The van der Waals surface area contributed by atoms with Crippen molar-refractivity contribution in [3.63, 3.8) is 0 Å². The molecule has 0 saturated carbocycles. The van der Waals surface area contributed by atoms with Crippen LogP contribution in [0.2, 0.25) is 0 Å². The number of hydrogen-bond donors (Lipinski definition) is 0. The molecule has 0 fully saturated rings. The summed E-state index contributed by atoms with van der Waals surface area (Å²) in [5.41, 5.74) is 6.83. The van der Waals surface area contributed by atoms with Gasteiger partial charge in [-0.2, -0.15) is 0 Å². The zero-order valence-corrected chi connectivity index (χ0v) is 24.5. The maximum atomic E-state index is 6.83. The van der Waals surface area contributed by atoms with Crippen LogP contribution in [0.3, 0.4) is 0 Å². The Morgan fingerprint density at radius 1 is 0.647 bits per heavy atom. The summed E-state index contributed by atoms with van der Waals surface area (Å²) in [5.74, 6) is 0. The van der Waals surface area contributed by atoms with Gasteiger partial charge in [0.05, 0.1) is 0 Å². The maximum Gasteiger partial charge on any atom is 4.00 e. The van der Waals surface area contributed by atoms with Gasteiger partial charge in [-0.1, -0.05) is 128 Å². The van der Waals surface area contributed by atoms with Gasteiger partial charge in [0.1, 0.15) is 9.52 Å². The van der Waals surface area contributed by atoms with Gasteiger partial charge < -0.3 is 30.5 Å². The minimum Gasteiger partial charge on any atom is -1.00 e. The van der Waals surface area contributed by atoms with Gasteiger partial charge in [0.25, 0.3) is 0 Å².